The minimum Gasteiger partial charge on any atom is -0.366 e. The molecule has 0 radical (unpaired) electrons. The molecule has 0 fully saturated rings. The Morgan fingerprint density at radius 3 is 2.33 bits per heavy atom. The molecule has 0 spiro atoms. The molecule has 0 saturated carbocycles. The first kappa shape index (κ1) is 11.3. The number of nitrogens with two attached hydrogens (primary N) is 1. The van der Waals surface area contributed by atoms with Gasteiger partial charge in [-0.2, -0.15) is 0 Å². The highest BCUT2D eigenvalue weighted by Crippen LogP contribution is 2.13. The van der Waals surface area contributed by atoms with Gasteiger partial charge in [0.1, 0.15) is 0 Å². The summed E-state index contributed by atoms with van der Waals surface area (Å²) in [5.41, 5.74) is 5.43. The Bertz CT molecular complexity index is 398. The topological polar surface area (TPSA) is 72.2 Å². The van der Waals surface area contributed by atoms with E-state index in [1.54, 1.807) is 24.3 Å². The monoisotopic (exact) mass is 224 g/mol. The highest BCUT2D eigenvalue weighted by Gasteiger charge is 1.97. The van der Waals surface area contributed by atoms with E-state index < -0.39 is 11.8 Å². The fourth-order valence-corrected chi connectivity index (χ4v) is 1.00. The van der Waals surface area contributed by atoms with Gasteiger partial charge in [-0.1, -0.05) is 11.6 Å². The van der Waals surface area contributed by atoms with Crippen LogP contribution in [0.4, 0.5) is 5.69 Å². The summed E-state index contributed by atoms with van der Waals surface area (Å²) in [6.07, 6.45) is 2.06. The molecular formula is C10H9ClN2O2. The Morgan fingerprint density at radius 2 is 1.80 bits per heavy atom. The normalized spacial score (nSPS) is 10.2. The summed E-state index contributed by atoms with van der Waals surface area (Å²) in [4.78, 5) is 21.5. The first-order valence-corrected chi connectivity index (χ1v) is 4.50. The van der Waals surface area contributed by atoms with Crippen molar-refractivity contribution in [3.8, 4) is 0 Å². The van der Waals surface area contributed by atoms with Gasteiger partial charge >= 0.3 is 0 Å². The number of carbonyl (C=O) groups excluding carboxylic acids is 2. The van der Waals surface area contributed by atoms with Crippen LogP contribution in [0.25, 0.3) is 0 Å². The predicted molar refractivity (Wildman–Crippen MR) is 58.4 cm³/mol. The summed E-state index contributed by atoms with van der Waals surface area (Å²) >= 11 is 5.66. The maximum absolute atomic E-state index is 11.2. The predicted octanol–water partition coefficient (Wildman–Crippen LogP) is 1.32. The van der Waals surface area contributed by atoms with E-state index in [-0.39, 0.29) is 0 Å². The van der Waals surface area contributed by atoms with Crippen LogP contribution < -0.4 is 11.1 Å². The van der Waals surface area contributed by atoms with Crippen molar-refractivity contribution in [3.05, 3.63) is 41.4 Å². The zero-order chi connectivity index (χ0) is 11.3. The third-order valence-corrected chi connectivity index (χ3v) is 1.76. The fraction of sp³-hybridized carbons (Fsp3) is 0. The summed E-state index contributed by atoms with van der Waals surface area (Å²) in [6, 6.07) is 6.60. The second kappa shape index (κ2) is 5.17. The molecular weight excluding hydrogens is 216 g/mol. The standard InChI is InChI=1S/C10H9ClN2O2/c11-7-1-3-8(4-2-7)13-10(15)6-5-9(12)14/h1-6H,(H2,12,14)(H,13,15). The van der Waals surface area contributed by atoms with E-state index >= 15 is 0 Å². The lowest BCUT2D eigenvalue weighted by Gasteiger charge is -2.00. The van der Waals surface area contributed by atoms with Crippen LogP contribution in [0.2, 0.25) is 5.02 Å². The van der Waals surface area contributed by atoms with Gasteiger partial charge in [-0.05, 0) is 24.3 Å². The van der Waals surface area contributed by atoms with Crippen LogP contribution in [0.1, 0.15) is 0 Å². The maximum atomic E-state index is 11.2. The van der Waals surface area contributed by atoms with Gasteiger partial charge in [0.2, 0.25) is 11.8 Å². The summed E-state index contributed by atoms with van der Waals surface area (Å²) in [7, 11) is 0. The molecule has 0 aliphatic heterocycles. The quantitative estimate of drug-likeness (QED) is 0.760. The van der Waals surface area contributed by atoms with Gasteiger partial charge in [-0.3, -0.25) is 9.59 Å². The van der Waals surface area contributed by atoms with Crippen LogP contribution in [-0.4, -0.2) is 11.8 Å². The van der Waals surface area contributed by atoms with Crippen LogP contribution in [0.3, 0.4) is 0 Å². The first-order valence-electron chi connectivity index (χ1n) is 4.12. The average Bonchev–Trinajstić information content (AvgIpc) is 2.19. The molecule has 1 rings (SSSR count). The van der Waals surface area contributed by atoms with Crippen LogP contribution >= 0.6 is 11.6 Å². The zero-order valence-electron chi connectivity index (χ0n) is 7.74. The molecule has 0 bridgehead atoms. The zero-order valence-corrected chi connectivity index (χ0v) is 8.49. The Labute approximate surface area is 91.7 Å². The molecule has 0 unspecified atom stereocenters. The molecule has 0 heterocycles. The number of nitrogens with one attached hydrogen (secondary N) is 1. The number of hydrogen-bond donors (Lipinski definition) is 2. The molecule has 3 N–H and O–H groups in total. The minimum atomic E-state index is -0.666. The molecule has 1 aromatic rings. The summed E-state index contributed by atoms with van der Waals surface area (Å²) in [6.45, 7) is 0. The van der Waals surface area contributed by atoms with Crippen molar-refractivity contribution in [2.75, 3.05) is 5.32 Å². The van der Waals surface area contributed by atoms with Crippen molar-refractivity contribution in [2.24, 2.45) is 5.73 Å². The first-order chi connectivity index (χ1) is 7.08. The number of halogens is 1. The van der Waals surface area contributed by atoms with Gasteiger partial charge in [0, 0.05) is 22.9 Å². The number of benzene rings is 1. The van der Waals surface area contributed by atoms with Gasteiger partial charge in [0.15, 0.2) is 0 Å². The summed E-state index contributed by atoms with van der Waals surface area (Å²) in [5.74, 6) is -1.09. The van der Waals surface area contributed by atoms with Gasteiger partial charge in [-0.25, -0.2) is 0 Å². The van der Waals surface area contributed by atoms with Gasteiger partial charge in [0.05, 0.1) is 0 Å². The van der Waals surface area contributed by atoms with Crippen molar-refractivity contribution in [1.82, 2.24) is 0 Å². The highest BCUT2D eigenvalue weighted by molar-refractivity contribution is 6.30. The van der Waals surface area contributed by atoms with Crippen molar-refractivity contribution in [2.45, 2.75) is 0 Å². The Morgan fingerprint density at radius 1 is 1.20 bits per heavy atom. The lowest BCUT2D eigenvalue weighted by molar-refractivity contribution is -0.115. The van der Waals surface area contributed by atoms with Gasteiger partial charge < -0.3 is 11.1 Å². The maximum Gasteiger partial charge on any atom is 0.248 e. The van der Waals surface area contributed by atoms with E-state index in [9.17, 15) is 9.59 Å². The largest absolute Gasteiger partial charge is 0.366 e. The van der Waals surface area contributed by atoms with E-state index in [1.807, 2.05) is 0 Å². The molecule has 2 amide bonds. The van der Waals surface area contributed by atoms with E-state index in [4.69, 9.17) is 17.3 Å². The van der Waals surface area contributed by atoms with E-state index in [0.29, 0.717) is 10.7 Å². The molecule has 15 heavy (non-hydrogen) atoms. The SMILES string of the molecule is NC(=O)C=CC(=O)Nc1ccc(Cl)cc1. The molecule has 4 nitrogen and oxygen atoms in total. The van der Waals surface area contributed by atoms with E-state index in [1.165, 1.54) is 0 Å². The minimum absolute atomic E-state index is 0.420. The second-order valence-electron chi connectivity index (χ2n) is 2.73. The molecule has 0 aromatic heterocycles. The number of rotatable bonds is 3. The fourth-order valence-electron chi connectivity index (χ4n) is 0.875. The highest BCUT2D eigenvalue weighted by atomic mass is 35.5. The Hall–Kier alpha value is -1.81. The smallest absolute Gasteiger partial charge is 0.248 e. The molecule has 78 valence electrons. The lowest BCUT2D eigenvalue weighted by Crippen LogP contribution is -2.11. The molecule has 0 aliphatic carbocycles. The van der Waals surface area contributed by atoms with Gasteiger partial charge in [-0.15, -0.1) is 0 Å². The van der Waals surface area contributed by atoms with E-state index in [2.05, 4.69) is 5.32 Å². The molecule has 0 aliphatic rings. The van der Waals surface area contributed by atoms with E-state index in [0.717, 1.165) is 12.2 Å². The summed E-state index contributed by atoms with van der Waals surface area (Å²) < 4.78 is 0. The molecule has 0 saturated heterocycles. The van der Waals surface area contributed by atoms with Crippen molar-refractivity contribution < 1.29 is 9.59 Å². The van der Waals surface area contributed by atoms with Crippen molar-refractivity contribution in [1.29, 1.82) is 0 Å². The number of hydrogen-bond acceptors (Lipinski definition) is 2. The second-order valence-corrected chi connectivity index (χ2v) is 3.17. The third kappa shape index (κ3) is 4.28. The number of carbonyl (C=O) groups is 2. The van der Waals surface area contributed by atoms with Crippen LogP contribution in [0.15, 0.2) is 36.4 Å². The number of primary amides is 1. The van der Waals surface area contributed by atoms with Crippen LogP contribution in [0.5, 0.6) is 0 Å². The summed E-state index contributed by atoms with van der Waals surface area (Å²) in [5, 5.41) is 3.12. The third-order valence-electron chi connectivity index (χ3n) is 1.51. The van der Waals surface area contributed by atoms with Crippen molar-refractivity contribution in [3.63, 3.8) is 0 Å². The van der Waals surface area contributed by atoms with Crippen LogP contribution in [-0.2, 0) is 9.59 Å². The lowest BCUT2D eigenvalue weighted by atomic mass is 10.3. The number of anilines is 1. The molecule has 0 atom stereocenters. The molecule has 1 aromatic carbocycles. The van der Waals surface area contributed by atoms with Crippen LogP contribution in [0, 0.1) is 0 Å². The molecule has 5 heteroatoms. The average molecular weight is 225 g/mol. The Balaban J connectivity index is 2.59. The Kier molecular flexibility index (Phi) is 3.88. The van der Waals surface area contributed by atoms with Gasteiger partial charge in [0.25, 0.3) is 0 Å². The van der Waals surface area contributed by atoms with Crippen molar-refractivity contribution >= 4 is 29.1 Å². The number of amides is 2.